The molecule has 0 aliphatic rings. The Morgan fingerprint density at radius 2 is 2.36 bits per heavy atom. The van der Waals surface area contributed by atoms with Crippen LogP contribution >= 0.6 is 0 Å². The molecule has 0 bridgehead atoms. The van der Waals surface area contributed by atoms with E-state index in [0.29, 0.717) is 5.56 Å². The quantitative estimate of drug-likeness (QED) is 0.527. The van der Waals surface area contributed by atoms with E-state index in [1.165, 1.54) is 0 Å². The first-order valence-electron chi connectivity index (χ1n) is 3.39. The number of nitrogens with one attached hydrogen (secondary N) is 1. The molecule has 0 radical (unpaired) electrons. The van der Waals surface area contributed by atoms with Crippen LogP contribution in [-0.4, -0.2) is 11.5 Å². The maximum atomic E-state index is 11.0. The van der Waals surface area contributed by atoms with Gasteiger partial charge in [0.15, 0.2) is 0 Å². The monoisotopic (exact) mass is 153 g/mol. The van der Waals surface area contributed by atoms with E-state index in [-0.39, 0.29) is 18.1 Å². The normalized spacial score (nSPS) is 12.9. The topological polar surface area (TPSA) is 84.9 Å². The molecule has 0 aromatic carbocycles. The third-order valence-electron chi connectivity index (χ3n) is 1.50. The van der Waals surface area contributed by atoms with Gasteiger partial charge >= 0.3 is 0 Å². The van der Waals surface area contributed by atoms with Crippen molar-refractivity contribution in [3.05, 3.63) is 34.2 Å². The molecule has 0 spiro atoms. The van der Waals surface area contributed by atoms with Gasteiger partial charge < -0.3 is 16.5 Å². The van der Waals surface area contributed by atoms with E-state index >= 15 is 0 Å². The Bertz CT molecular complexity index is 281. The molecule has 0 unspecified atom stereocenters. The third kappa shape index (κ3) is 1.66. The zero-order chi connectivity index (χ0) is 8.27. The minimum atomic E-state index is -0.361. The molecule has 1 heterocycles. The van der Waals surface area contributed by atoms with E-state index in [1.54, 1.807) is 18.3 Å². The summed E-state index contributed by atoms with van der Waals surface area (Å²) in [6.45, 7) is 0.285. The Balaban J connectivity index is 3.03. The van der Waals surface area contributed by atoms with E-state index in [2.05, 4.69) is 4.98 Å². The van der Waals surface area contributed by atoms with Gasteiger partial charge in [0, 0.05) is 24.3 Å². The average molecular weight is 153 g/mol. The second kappa shape index (κ2) is 3.32. The molecule has 1 aromatic rings. The molecule has 1 aromatic heterocycles. The van der Waals surface area contributed by atoms with Crippen molar-refractivity contribution < 1.29 is 0 Å². The van der Waals surface area contributed by atoms with Crippen molar-refractivity contribution in [1.29, 1.82) is 0 Å². The molecule has 0 amide bonds. The molecule has 0 aliphatic carbocycles. The molecule has 0 saturated heterocycles. The van der Waals surface area contributed by atoms with Crippen LogP contribution in [-0.2, 0) is 0 Å². The van der Waals surface area contributed by atoms with E-state index < -0.39 is 0 Å². The van der Waals surface area contributed by atoms with Gasteiger partial charge in [0.2, 0.25) is 0 Å². The van der Waals surface area contributed by atoms with Crippen molar-refractivity contribution >= 4 is 0 Å². The van der Waals surface area contributed by atoms with Crippen LogP contribution in [0.25, 0.3) is 0 Å². The fourth-order valence-electron chi connectivity index (χ4n) is 0.854. The first-order valence-corrected chi connectivity index (χ1v) is 3.39. The summed E-state index contributed by atoms with van der Waals surface area (Å²) in [6, 6.07) is 3.04. The Kier molecular flexibility index (Phi) is 2.40. The lowest BCUT2D eigenvalue weighted by atomic mass is 10.1. The fourth-order valence-corrected chi connectivity index (χ4v) is 0.854. The summed E-state index contributed by atoms with van der Waals surface area (Å²) in [7, 11) is 0. The molecule has 60 valence electrons. The maximum Gasteiger partial charge on any atom is 0.252 e. The summed E-state index contributed by atoms with van der Waals surface area (Å²) in [6.07, 6.45) is 1.56. The lowest BCUT2D eigenvalue weighted by Crippen LogP contribution is -2.27. The summed E-state index contributed by atoms with van der Waals surface area (Å²) >= 11 is 0. The van der Waals surface area contributed by atoms with E-state index in [0.717, 1.165) is 0 Å². The van der Waals surface area contributed by atoms with Crippen molar-refractivity contribution in [2.75, 3.05) is 6.54 Å². The molecule has 0 aliphatic heterocycles. The van der Waals surface area contributed by atoms with Gasteiger partial charge in [0.25, 0.3) is 5.56 Å². The molecule has 0 saturated carbocycles. The number of rotatable bonds is 2. The van der Waals surface area contributed by atoms with Crippen molar-refractivity contribution in [2.45, 2.75) is 6.04 Å². The number of H-pyrrole nitrogens is 1. The zero-order valence-corrected chi connectivity index (χ0v) is 6.08. The van der Waals surface area contributed by atoms with Gasteiger partial charge in [-0.2, -0.15) is 0 Å². The second-order valence-electron chi connectivity index (χ2n) is 2.30. The molecule has 0 fully saturated rings. The number of nitrogens with two attached hydrogens (primary N) is 2. The number of hydrogen-bond donors (Lipinski definition) is 3. The largest absolute Gasteiger partial charge is 0.329 e. The summed E-state index contributed by atoms with van der Waals surface area (Å²) < 4.78 is 0. The van der Waals surface area contributed by atoms with Gasteiger partial charge in [0.05, 0.1) is 0 Å². The van der Waals surface area contributed by atoms with E-state index in [1.807, 2.05) is 0 Å². The lowest BCUT2D eigenvalue weighted by molar-refractivity contribution is 0.725. The van der Waals surface area contributed by atoms with Gasteiger partial charge in [0.1, 0.15) is 0 Å². The Labute approximate surface area is 64.2 Å². The highest BCUT2D eigenvalue weighted by Crippen LogP contribution is 1.99. The van der Waals surface area contributed by atoms with Crippen molar-refractivity contribution in [3.63, 3.8) is 0 Å². The Morgan fingerprint density at radius 1 is 1.64 bits per heavy atom. The van der Waals surface area contributed by atoms with Gasteiger partial charge in [-0.05, 0) is 6.07 Å². The summed E-state index contributed by atoms with van der Waals surface area (Å²) in [5.41, 5.74) is 11.2. The molecule has 1 atom stereocenters. The summed E-state index contributed by atoms with van der Waals surface area (Å²) in [5, 5.41) is 0. The molecule has 11 heavy (non-hydrogen) atoms. The molecular weight excluding hydrogens is 142 g/mol. The number of hydrogen-bond acceptors (Lipinski definition) is 3. The van der Waals surface area contributed by atoms with Gasteiger partial charge in [-0.15, -0.1) is 0 Å². The van der Waals surface area contributed by atoms with Crippen LogP contribution in [0.5, 0.6) is 0 Å². The Hall–Kier alpha value is -1.13. The SMILES string of the molecule is NC[C@@H](N)c1ccc[nH]c1=O. The minimum absolute atomic E-state index is 0.162. The van der Waals surface area contributed by atoms with Crippen LogP contribution in [0.3, 0.4) is 0 Å². The van der Waals surface area contributed by atoms with Crippen LogP contribution in [0.15, 0.2) is 23.1 Å². The van der Waals surface area contributed by atoms with Gasteiger partial charge in [-0.1, -0.05) is 6.07 Å². The van der Waals surface area contributed by atoms with Crippen LogP contribution in [0.1, 0.15) is 11.6 Å². The van der Waals surface area contributed by atoms with E-state index in [4.69, 9.17) is 11.5 Å². The van der Waals surface area contributed by atoms with Crippen LogP contribution in [0, 0.1) is 0 Å². The summed E-state index contributed by atoms with van der Waals surface area (Å²) in [5.74, 6) is 0. The lowest BCUT2D eigenvalue weighted by Gasteiger charge is -2.05. The fraction of sp³-hybridized carbons (Fsp3) is 0.286. The smallest absolute Gasteiger partial charge is 0.252 e. The predicted molar refractivity (Wildman–Crippen MR) is 43.0 cm³/mol. The minimum Gasteiger partial charge on any atom is -0.329 e. The van der Waals surface area contributed by atoms with Crippen molar-refractivity contribution in [3.8, 4) is 0 Å². The highest BCUT2D eigenvalue weighted by Gasteiger charge is 2.05. The number of aromatic amines is 1. The third-order valence-corrected chi connectivity index (χ3v) is 1.50. The standard InChI is InChI=1S/C7H11N3O/c8-4-6(9)5-2-1-3-10-7(5)11/h1-3,6H,4,8-9H2,(H,10,11)/t6-/m1/s1. The predicted octanol–water partition coefficient (Wildman–Crippen LogP) is -0.667. The van der Waals surface area contributed by atoms with Crippen LogP contribution in [0.2, 0.25) is 0 Å². The first kappa shape index (κ1) is 7.97. The maximum absolute atomic E-state index is 11.0. The first-order chi connectivity index (χ1) is 5.25. The van der Waals surface area contributed by atoms with Gasteiger partial charge in [-0.25, -0.2) is 0 Å². The van der Waals surface area contributed by atoms with E-state index in [9.17, 15) is 4.79 Å². The summed E-state index contributed by atoms with van der Waals surface area (Å²) in [4.78, 5) is 13.6. The molecule has 4 heteroatoms. The highest BCUT2D eigenvalue weighted by atomic mass is 16.1. The second-order valence-corrected chi connectivity index (χ2v) is 2.30. The Morgan fingerprint density at radius 3 is 2.91 bits per heavy atom. The zero-order valence-electron chi connectivity index (χ0n) is 6.08. The van der Waals surface area contributed by atoms with Crippen LogP contribution in [0.4, 0.5) is 0 Å². The molecular formula is C7H11N3O. The van der Waals surface area contributed by atoms with Crippen molar-refractivity contribution in [1.82, 2.24) is 4.98 Å². The highest BCUT2D eigenvalue weighted by molar-refractivity contribution is 5.13. The molecule has 1 rings (SSSR count). The molecule has 5 N–H and O–H groups in total. The average Bonchev–Trinajstić information content (AvgIpc) is 2.04. The van der Waals surface area contributed by atoms with Gasteiger partial charge in [-0.3, -0.25) is 4.79 Å². The van der Waals surface area contributed by atoms with Crippen molar-refractivity contribution in [2.24, 2.45) is 11.5 Å². The molecule has 4 nitrogen and oxygen atoms in total. The van der Waals surface area contributed by atoms with Crippen LogP contribution < -0.4 is 17.0 Å². The number of aromatic nitrogens is 1. The number of pyridine rings is 1.